The number of allylic oxidation sites excluding steroid dienone is 1. The number of fused-ring (bicyclic) bond motifs is 2. The van der Waals surface area contributed by atoms with Gasteiger partial charge in [0.15, 0.2) is 0 Å². The van der Waals surface area contributed by atoms with Gasteiger partial charge < -0.3 is 14.9 Å². The van der Waals surface area contributed by atoms with Crippen molar-refractivity contribution in [3.05, 3.63) is 41.5 Å². The number of hydrogen-bond acceptors (Lipinski definition) is 3. The number of hydrogen-bond donors (Lipinski definition) is 1. The van der Waals surface area contributed by atoms with Gasteiger partial charge in [0.2, 0.25) is 0 Å². The topological polar surface area (TPSA) is 60.9 Å². The van der Waals surface area contributed by atoms with Gasteiger partial charge in [-0.1, -0.05) is 44.2 Å². The average Bonchev–Trinajstić information content (AvgIpc) is 2.97. The summed E-state index contributed by atoms with van der Waals surface area (Å²) in [6.45, 7) is 7.97. The maximum atomic E-state index is 12.6. The fourth-order valence-corrected chi connectivity index (χ4v) is 4.07. The largest absolute Gasteiger partial charge is 0.490 e. The van der Waals surface area contributed by atoms with Crippen LogP contribution in [0.1, 0.15) is 37.8 Å². The van der Waals surface area contributed by atoms with Crippen LogP contribution in [-0.2, 0) is 15.0 Å². The molecule has 0 bridgehead atoms. The molecule has 1 N–H and O–H groups in total. The van der Waals surface area contributed by atoms with Crippen LogP contribution in [0.2, 0.25) is 0 Å². The van der Waals surface area contributed by atoms with E-state index in [-0.39, 0.29) is 11.3 Å². The first-order chi connectivity index (χ1) is 13.9. The van der Waals surface area contributed by atoms with Crippen molar-refractivity contribution >= 4 is 17.4 Å². The zero-order valence-corrected chi connectivity index (χ0v) is 17.8. The number of rotatable bonds is 3. The number of carboxylic acid groups (broad SMARTS) is 1. The molecule has 30 heavy (non-hydrogen) atoms. The summed E-state index contributed by atoms with van der Waals surface area (Å²) in [5, 5.41) is 7.12. The summed E-state index contributed by atoms with van der Waals surface area (Å²) in [5.74, 6) is -1.92. The van der Waals surface area contributed by atoms with Crippen molar-refractivity contribution in [3.8, 4) is 0 Å². The molecule has 1 aromatic carbocycles. The van der Waals surface area contributed by atoms with Gasteiger partial charge in [0, 0.05) is 31.6 Å². The van der Waals surface area contributed by atoms with Gasteiger partial charge in [-0.3, -0.25) is 4.79 Å². The SMILES string of the molecule is CC(C)CN1CCC2(C=C(C(=O)N(C)C)c3ccccc32)CC1.O=C(O)C(F)(F)F. The Balaban J connectivity index is 0.000000396. The Kier molecular flexibility index (Phi) is 7.34. The predicted octanol–water partition coefficient (Wildman–Crippen LogP) is 3.79. The number of halogens is 3. The Hall–Kier alpha value is -2.35. The first kappa shape index (κ1) is 23.9. The molecular weight excluding hydrogens is 397 g/mol. The summed E-state index contributed by atoms with van der Waals surface area (Å²) in [6.07, 6.45) is -0.589. The molecule has 3 rings (SSSR count). The molecule has 1 heterocycles. The summed E-state index contributed by atoms with van der Waals surface area (Å²) < 4.78 is 31.7. The lowest BCUT2D eigenvalue weighted by Gasteiger charge is -2.39. The summed E-state index contributed by atoms with van der Waals surface area (Å²) in [7, 11) is 3.67. The third kappa shape index (κ3) is 5.41. The van der Waals surface area contributed by atoms with Crippen LogP contribution in [-0.4, -0.2) is 66.7 Å². The fraction of sp³-hybridized carbons (Fsp3) is 0.545. The summed E-state index contributed by atoms with van der Waals surface area (Å²) in [5.41, 5.74) is 3.45. The number of nitrogens with zero attached hydrogens (tertiary/aromatic N) is 2. The molecule has 0 unspecified atom stereocenters. The van der Waals surface area contributed by atoms with Crippen molar-refractivity contribution in [1.82, 2.24) is 9.80 Å². The Morgan fingerprint density at radius 3 is 2.17 bits per heavy atom. The first-order valence-electron chi connectivity index (χ1n) is 9.94. The number of likely N-dealkylation sites (tertiary alicyclic amines) is 1. The van der Waals surface area contributed by atoms with Gasteiger partial charge in [-0.15, -0.1) is 0 Å². The Morgan fingerprint density at radius 2 is 1.70 bits per heavy atom. The Bertz CT molecular complexity index is 808. The third-order valence-corrected chi connectivity index (χ3v) is 5.42. The van der Waals surface area contributed by atoms with E-state index >= 15 is 0 Å². The number of benzene rings is 1. The molecule has 5 nitrogen and oxygen atoms in total. The molecule has 1 amide bonds. The lowest BCUT2D eigenvalue weighted by molar-refractivity contribution is -0.192. The normalized spacial score (nSPS) is 17.8. The van der Waals surface area contributed by atoms with Crippen molar-refractivity contribution in [3.63, 3.8) is 0 Å². The number of aliphatic carboxylic acids is 1. The lowest BCUT2D eigenvalue weighted by atomic mass is 9.74. The molecular formula is C22H29F3N2O3. The molecule has 1 aromatic rings. The summed E-state index contributed by atoms with van der Waals surface area (Å²) >= 11 is 0. The van der Waals surface area contributed by atoms with E-state index in [0.29, 0.717) is 5.92 Å². The van der Waals surface area contributed by atoms with Crippen molar-refractivity contribution in [2.24, 2.45) is 5.92 Å². The third-order valence-electron chi connectivity index (χ3n) is 5.42. The second kappa shape index (κ2) is 9.20. The predicted molar refractivity (Wildman–Crippen MR) is 109 cm³/mol. The lowest BCUT2D eigenvalue weighted by Crippen LogP contribution is -2.42. The molecule has 0 aromatic heterocycles. The molecule has 1 aliphatic carbocycles. The van der Waals surface area contributed by atoms with Gasteiger partial charge >= 0.3 is 12.1 Å². The highest BCUT2D eigenvalue weighted by atomic mass is 19.4. The van der Waals surface area contributed by atoms with Crippen LogP contribution < -0.4 is 0 Å². The van der Waals surface area contributed by atoms with Crippen LogP contribution in [0.25, 0.3) is 5.57 Å². The average molecular weight is 426 g/mol. The van der Waals surface area contributed by atoms with Crippen LogP contribution in [0.5, 0.6) is 0 Å². The zero-order chi connectivity index (χ0) is 22.7. The zero-order valence-electron chi connectivity index (χ0n) is 17.8. The minimum atomic E-state index is -5.08. The summed E-state index contributed by atoms with van der Waals surface area (Å²) in [4.78, 5) is 25.7. The van der Waals surface area contributed by atoms with Gasteiger partial charge in [0.1, 0.15) is 0 Å². The van der Waals surface area contributed by atoms with Gasteiger partial charge in [0.25, 0.3) is 5.91 Å². The number of amides is 1. The standard InChI is InChI=1S/C20H28N2O.C2HF3O2/c1-15(2)14-22-11-9-20(10-12-22)13-17(19(23)21(3)4)16-7-5-6-8-18(16)20;3-2(4,5)1(6)7/h5-8,13,15H,9-12,14H2,1-4H3;(H,6,7). The van der Waals surface area contributed by atoms with Gasteiger partial charge in [-0.2, -0.15) is 13.2 Å². The smallest absolute Gasteiger partial charge is 0.475 e. The quantitative estimate of drug-likeness (QED) is 0.799. The van der Waals surface area contributed by atoms with Crippen molar-refractivity contribution in [2.45, 2.75) is 38.3 Å². The molecule has 0 radical (unpaired) electrons. The van der Waals surface area contributed by atoms with Crippen LogP contribution in [0.3, 0.4) is 0 Å². The second-order valence-electron chi connectivity index (χ2n) is 8.46. The van der Waals surface area contributed by atoms with Crippen LogP contribution in [0.4, 0.5) is 13.2 Å². The van der Waals surface area contributed by atoms with Crippen LogP contribution >= 0.6 is 0 Å². The maximum absolute atomic E-state index is 12.6. The molecule has 1 saturated heterocycles. The van der Waals surface area contributed by atoms with E-state index in [1.165, 1.54) is 12.1 Å². The van der Waals surface area contributed by atoms with E-state index in [0.717, 1.165) is 37.1 Å². The molecule has 1 spiro atoms. The highest BCUT2D eigenvalue weighted by Crippen LogP contribution is 2.47. The highest BCUT2D eigenvalue weighted by molar-refractivity contribution is 6.21. The van der Waals surface area contributed by atoms with Crippen molar-refractivity contribution < 1.29 is 27.9 Å². The van der Waals surface area contributed by atoms with Crippen molar-refractivity contribution in [1.29, 1.82) is 0 Å². The van der Waals surface area contributed by atoms with E-state index in [2.05, 4.69) is 43.0 Å². The van der Waals surface area contributed by atoms with E-state index in [1.54, 1.807) is 4.90 Å². The van der Waals surface area contributed by atoms with Gasteiger partial charge in [-0.05, 0) is 43.0 Å². The molecule has 2 aliphatic rings. The molecule has 166 valence electrons. The number of piperidine rings is 1. The molecule has 1 aliphatic heterocycles. The van der Waals surface area contributed by atoms with Crippen LogP contribution in [0.15, 0.2) is 30.3 Å². The molecule has 1 fully saturated rings. The minimum Gasteiger partial charge on any atom is -0.475 e. The Morgan fingerprint density at radius 1 is 1.17 bits per heavy atom. The second-order valence-corrected chi connectivity index (χ2v) is 8.46. The number of alkyl halides is 3. The number of carbonyl (C=O) groups is 2. The fourth-order valence-electron chi connectivity index (χ4n) is 4.07. The van der Waals surface area contributed by atoms with E-state index in [9.17, 15) is 18.0 Å². The maximum Gasteiger partial charge on any atom is 0.490 e. The first-order valence-corrected chi connectivity index (χ1v) is 9.94. The number of carboxylic acids is 1. The van der Waals surface area contributed by atoms with E-state index in [1.807, 2.05) is 20.2 Å². The van der Waals surface area contributed by atoms with E-state index < -0.39 is 12.1 Å². The summed E-state index contributed by atoms with van der Waals surface area (Å²) in [6, 6.07) is 8.48. The Labute approximate surface area is 175 Å². The minimum absolute atomic E-state index is 0.0606. The van der Waals surface area contributed by atoms with Crippen LogP contribution in [0, 0.1) is 5.92 Å². The molecule has 8 heteroatoms. The van der Waals surface area contributed by atoms with Gasteiger partial charge in [0.05, 0.1) is 0 Å². The van der Waals surface area contributed by atoms with E-state index in [4.69, 9.17) is 9.90 Å². The molecule has 0 saturated carbocycles. The number of likely N-dealkylation sites (N-methyl/N-ethyl adjacent to an activating group) is 1. The number of carbonyl (C=O) groups excluding carboxylic acids is 1. The van der Waals surface area contributed by atoms with Crippen molar-refractivity contribution in [2.75, 3.05) is 33.7 Å². The highest BCUT2D eigenvalue weighted by Gasteiger charge is 2.42. The molecule has 0 atom stereocenters. The van der Waals surface area contributed by atoms with Gasteiger partial charge in [-0.25, -0.2) is 4.79 Å². The monoisotopic (exact) mass is 426 g/mol.